The maximum absolute atomic E-state index is 12.9. The van der Waals surface area contributed by atoms with Gasteiger partial charge in [-0.2, -0.15) is 4.31 Å². The van der Waals surface area contributed by atoms with Gasteiger partial charge in [0.15, 0.2) is 5.13 Å². The molecular weight excluding hydrogens is 428 g/mol. The molecule has 2 amide bonds. The lowest BCUT2D eigenvalue weighted by Crippen LogP contribution is -2.50. The van der Waals surface area contributed by atoms with Crippen LogP contribution < -0.4 is 5.32 Å². The quantitative estimate of drug-likeness (QED) is 0.747. The smallest absolute Gasteiger partial charge is 0.409 e. The van der Waals surface area contributed by atoms with Crippen LogP contribution in [-0.4, -0.2) is 67.4 Å². The third-order valence-corrected chi connectivity index (χ3v) is 7.67. The highest BCUT2D eigenvalue weighted by Crippen LogP contribution is 2.23. The van der Waals surface area contributed by atoms with E-state index in [0.717, 1.165) is 10.6 Å². The predicted molar refractivity (Wildman–Crippen MR) is 113 cm³/mol. The number of carbonyl (C=O) groups excluding carboxylic acids is 2. The molecular formula is C19H24N4O5S2. The van der Waals surface area contributed by atoms with E-state index < -0.39 is 16.1 Å². The van der Waals surface area contributed by atoms with Gasteiger partial charge in [-0.1, -0.05) is 0 Å². The standard InChI is InChI=1S/C19H24N4O5S2/c1-4-28-19(25)22-9-11-23(12-10-22)30(26,27)16-7-5-15(6-8-16)17(24)21-18-20-13(2)14(3)29-18/h5-8H,4,9-12H2,1-3H3,(H,20,21,24). The molecule has 0 bridgehead atoms. The normalized spacial score (nSPS) is 15.1. The second-order valence-corrected chi connectivity index (χ2v) is 9.87. The number of aromatic nitrogens is 1. The van der Waals surface area contributed by atoms with Gasteiger partial charge in [0.2, 0.25) is 10.0 Å². The average Bonchev–Trinajstić information content (AvgIpc) is 3.05. The number of rotatable bonds is 5. The van der Waals surface area contributed by atoms with Gasteiger partial charge in [-0.05, 0) is 45.0 Å². The van der Waals surface area contributed by atoms with Crippen LogP contribution in [0.5, 0.6) is 0 Å². The third-order valence-electron chi connectivity index (χ3n) is 4.77. The van der Waals surface area contributed by atoms with Crippen molar-refractivity contribution >= 4 is 38.5 Å². The molecule has 1 aliphatic heterocycles. The van der Waals surface area contributed by atoms with Crippen LogP contribution in [0.1, 0.15) is 27.9 Å². The van der Waals surface area contributed by atoms with Crippen LogP contribution in [0, 0.1) is 13.8 Å². The first-order valence-corrected chi connectivity index (χ1v) is 11.8. The lowest BCUT2D eigenvalue weighted by atomic mass is 10.2. The molecule has 1 saturated heterocycles. The zero-order valence-electron chi connectivity index (χ0n) is 17.0. The minimum atomic E-state index is -3.71. The number of carbonyl (C=O) groups is 2. The van der Waals surface area contributed by atoms with Crippen molar-refractivity contribution in [2.24, 2.45) is 0 Å². The van der Waals surface area contributed by atoms with Crippen molar-refractivity contribution in [2.45, 2.75) is 25.7 Å². The summed E-state index contributed by atoms with van der Waals surface area (Å²) >= 11 is 1.39. The molecule has 0 atom stereocenters. The van der Waals surface area contributed by atoms with E-state index in [1.54, 1.807) is 6.92 Å². The van der Waals surface area contributed by atoms with Crippen LogP contribution in [0.3, 0.4) is 0 Å². The number of aryl methyl sites for hydroxylation is 2. The van der Waals surface area contributed by atoms with E-state index in [1.165, 1.54) is 44.8 Å². The number of benzene rings is 1. The Bertz CT molecular complexity index is 1010. The summed E-state index contributed by atoms with van der Waals surface area (Å²) in [6, 6.07) is 5.79. The zero-order valence-corrected chi connectivity index (χ0v) is 18.7. The first kappa shape index (κ1) is 22.2. The van der Waals surface area contributed by atoms with E-state index in [9.17, 15) is 18.0 Å². The highest BCUT2D eigenvalue weighted by Gasteiger charge is 2.30. The number of hydrogen-bond acceptors (Lipinski definition) is 7. The molecule has 1 aromatic carbocycles. The fourth-order valence-corrected chi connectivity index (χ4v) is 5.18. The van der Waals surface area contributed by atoms with Crippen LogP contribution in [0.15, 0.2) is 29.2 Å². The van der Waals surface area contributed by atoms with E-state index in [1.807, 2.05) is 13.8 Å². The summed E-state index contributed by atoms with van der Waals surface area (Å²) in [6.45, 7) is 6.71. The van der Waals surface area contributed by atoms with Crippen molar-refractivity contribution in [3.63, 3.8) is 0 Å². The Morgan fingerprint density at radius 1 is 1.13 bits per heavy atom. The monoisotopic (exact) mass is 452 g/mol. The van der Waals surface area contributed by atoms with Gasteiger partial charge < -0.3 is 9.64 Å². The summed E-state index contributed by atoms with van der Waals surface area (Å²) in [5.74, 6) is -0.351. The van der Waals surface area contributed by atoms with Gasteiger partial charge in [0.25, 0.3) is 5.91 Å². The van der Waals surface area contributed by atoms with Gasteiger partial charge in [-0.3, -0.25) is 10.1 Å². The SMILES string of the molecule is CCOC(=O)N1CCN(S(=O)(=O)c2ccc(C(=O)Nc3nc(C)c(C)s3)cc2)CC1. The number of ether oxygens (including phenoxy) is 1. The molecule has 1 aliphatic rings. The molecule has 9 nitrogen and oxygen atoms in total. The largest absolute Gasteiger partial charge is 0.450 e. The minimum Gasteiger partial charge on any atom is -0.450 e. The zero-order chi connectivity index (χ0) is 21.9. The van der Waals surface area contributed by atoms with Gasteiger partial charge in [-0.15, -0.1) is 11.3 Å². The number of nitrogens with one attached hydrogen (secondary N) is 1. The first-order chi connectivity index (χ1) is 14.2. The maximum Gasteiger partial charge on any atom is 0.409 e. The Hall–Kier alpha value is -2.50. The first-order valence-electron chi connectivity index (χ1n) is 9.49. The van der Waals surface area contributed by atoms with E-state index in [2.05, 4.69) is 10.3 Å². The van der Waals surface area contributed by atoms with Crippen molar-refractivity contribution in [3.8, 4) is 0 Å². The van der Waals surface area contributed by atoms with Crippen LogP contribution in [-0.2, 0) is 14.8 Å². The molecule has 11 heteroatoms. The summed E-state index contributed by atoms with van der Waals surface area (Å²) in [5, 5.41) is 3.23. The van der Waals surface area contributed by atoms with Crippen LogP contribution in [0.2, 0.25) is 0 Å². The highest BCUT2D eigenvalue weighted by atomic mass is 32.2. The Morgan fingerprint density at radius 3 is 2.30 bits per heavy atom. The average molecular weight is 453 g/mol. The molecule has 30 heavy (non-hydrogen) atoms. The predicted octanol–water partition coefficient (Wildman–Crippen LogP) is 2.48. The molecule has 0 spiro atoms. The van der Waals surface area contributed by atoms with Gasteiger partial charge >= 0.3 is 6.09 Å². The van der Waals surface area contributed by atoms with Crippen molar-refractivity contribution in [1.29, 1.82) is 0 Å². The lowest BCUT2D eigenvalue weighted by molar-refractivity contribution is 0.0933. The highest BCUT2D eigenvalue weighted by molar-refractivity contribution is 7.89. The van der Waals surface area contributed by atoms with Crippen LogP contribution >= 0.6 is 11.3 Å². The Labute approximate surface area is 179 Å². The molecule has 0 aliphatic carbocycles. The molecule has 0 saturated carbocycles. The van der Waals surface area contributed by atoms with Crippen molar-refractivity contribution in [2.75, 3.05) is 38.1 Å². The van der Waals surface area contributed by atoms with E-state index in [4.69, 9.17) is 4.74 Å². The Balaban J connectivity index is 1.65. The maximum atomic E-state index is 12.9. The summed E-state index contributed by atoms with van der Waals surface area (Å²) in [6.07, 6.45) is -0.435. The molecule has 162 valence electrons. The topological polar surface area (TPSA) is 109 Å². The molecule has 1 N–H and O–H groups in total. The number of hydrogen-bond donors (Lipinski definition) is 1. The molecule has 2 aromatic rings. The van der Waals surface area contributed by atoms with Crippen LogP contribution in [0.4, 0.5) is 9.93 Å². The fraction of sp³-hybridized carbons (Fsp3) is 0.421. The van der Waals surface area contributed by atoms with E-state index in [-0.39, 0.29) is 43.6 Å². The number of thiazole rings is 1. The fourth-order valence-electron chi connectivity index (χ4n) is 2.95. The lowest BCUT2D eigenvalue weighted by Gasteiger charge is -2.33. The number of anilines is 1. The van der Waals surface area contributed by atoms with Gasteiger partial charge in [0, 0.05) is 36.6 Å². The van der Waals surface area contributed by atoms with Crippen LogP contribution in [0.25, 0.3) is 0 Å². The number of sulfonamides is 1. The summed E-state index contributed by atoms with van der Waals surface area (Å²) in [7, 11) is -3.71. The van der Waals surface area contributed by atoms with Gasteiger partial charge in [0.1, 0.15) is 0 Å². The van der Waals surface area contributed by atoms with Crippen molar-refractivity contribution < 1.29 is 22.7 Å². The molecule has 0 unspecified atom stereocenters. The van der Waals surface area contributed by atoms with Gasteiger partial charge in [0.05, 0.1) is 17.2 Å². The van der Waals surface area contributed by atoms with Crippen molar-refractivity contribution in [3.05, 3.63) is 40.4 Å². The number of piperazine rings is 1. The molecule has 1 aromatic heterocycles. The number of nitrogens with zero attached hydrogens (tertiary/aromatic N) is 3. The molecule has 3 rings (SSSR count). The van der Waals surface area contributed by atoms with Crippen molar-refractivity contribution in [1.82, 2.24) is 14.2 Å². The Morgan fingerprint density at radius 2 is 1.77 bits per heavy atom. The summed E-state index contributed by atoms with van der Waals surface area (Å²) < 4.78 is 32.1. The van der Waals surface area contributed by atoms with E-state index in [0.29, 0.717) is 10.7 Å². The minimum absolute atomic E-state index is 0.101. The second-order valence-electron chi connectivity index (χ2n) is 6.73. The second kappa shape index (κ2) is 9.11. The molecule has 2 heterocycles. The summed E-state index contributed by atoms with van der Waals surface area (Å²) in [4.78, 5) is 31.1. The van der Waals surface area contributed by atoms with Gasteiger partial charge in [-0.25, -0.2) is 18.2 Å². The number of amides is 2. The molecule has 1 fully saturated rings. The summed E-state index contributed by atoms with van der Waals surface area (Å²) in [5.41, 5.74) is 1.20. The van der Waals surface area contributed by atoms with E-state index >= 15 is 0 Å². The third kappa shape index (κ3) is 4.79. The Kier molecular flexibility index (Phi) is 6.74. The molecule has 0 radical (unpaired) electrons.